The van der Waals surface area contributed by atoms with Crippen molar-refractivity contribution >= 4 is 10.0 Å². The van der Waals surface area contributed by atoms with Gasteiger partial charge in [-0.15, -0.1) is 0 Å². The molecule has 0 unspecified atom stereocenters. The maximum atomic E-state index is 12.6. The van der Waals surface area contributed by atoms with Crippen molar-refractivity contribution in [3.63, 3.8) is 0 Å². The summed E-state index contributed by atoms with van der Waals surface area (Å²) in [5.74, 6) is 0. The summed E-state index contributed by atoms with van der Waals surface area (Å²) in [7, 11) is -1.78. The molecule has 1 aromatic rings. The first-order valence-corrected chi connectivity index (χ1v) is 8.57. The zero-order valence-electron chi connectivity index (χ0n) is 12.7. The predicted octanol–water partition coefficient (Wildman–Crippen LogP) is 2.28. The molecule has 0 radical (unpaired) electrons. The van der Waals surface area contributed by atoms with E-state index in [2.05, 4.69) is 5.32 Å². The molecule has 0 aromatic heterocycles. The molecule has 20 heavy (non-hydrogen) atoms. The van der Waals surface area contributed by atoms with E-state index in [0.717, 1.165) is 17.7 Å². The molecule has 0 spiro atoms. The number of nitrogens with one attached hydrogen (secondary N) is 1. The van der Waals surface area contributed by atoms with Crippen molar-refractivity contribution < 1.29 is 8.42 Å². The molecule has 0 atom stereocenters. The molecule has 0 saturated heterocycles. The summed E-state index contributed by atoms with van der Waals surface area (Å²) < 4.78 is 26.6. The molecule has 4 nitrogen and oxygen atoms in total. The van der Waals surface area contributed by atoms with Gasteiger partial charge in [0.05, 0.1) is 4.90 Å². The smallest absolute Gasteiger partial charge is 0.243 e. The Morgan fingerprint density at radius 1 is 1.35 bits per heavy atom. The SMILES string of the molecule is Cc1ccc(CNC2CC2)cc1S(=O)(=O)N(C)C(C)C. The van der Waals surface area contributed by atoms with Gasteiger partial charge in [-0.25, -0.2) is 8.42 Å². The van der Waals surface area contributed by atoms with E-state index in [1.807, 2.05) is 32.9 Å². The Kier molecular flexibility index (Phi) is 4.52. The number of benzene rings is 1. The molecular formula is C15H24N2O2S. The van der Waals surface area contributed by atoms with Crippen LogP contribution in [0.2, 0.25) is 0 Å². The summed E-state index contributed by atoms with van der Waals surface area (Å²) in [6.45, 7) is 6.34. The largest absolute Gasteiger partial charge is 0.310 e. The van der Waals surface area contributed by atoms with Gasteiger partial charge in [-0.05, 0) is 50.8 Å². The molecule has 112 valence electrons. The first kappa shape index (κ1) is 15.5. The van der Waals surface area contributed by atoms with E-state index in [0.29, 0.717) is 10.9 Å². The van der Waals surface area contributed by atoms with E-state index >= 15 is 0 Å². The third-order valence-corrected chi connectivity index (χ3v) is 5.98. The van der Waals surface area contributed by atoms with E-state index in [1.165, 1.54) is 17.1 Å². The van der Waals surface area contributed by atoms with Crippen molar-refractivity contribution in [2.75, 3.05) is 7.05 Å². The molecule has 1 aliphatic rings. The van der Waals surface area contributed by atoms with Gasteiger partial charge in [-0.2, -0.15) is 4.31 Å². The summed E-state index contributed by atoms with van der Waals surface area (Å²) in [5.41, 5.74) is 1.82. The van der Waals surface area contributed by atoms with Crippen LogP contribution in [-0.4, -0.2) is 31.9 Å². The van der Waals surface area contributed by atoms with Gasteiger partial charge in [-0.3, -0.25) is 0 Å². The van der Waals surface area contributed by atoms with Crippen molar-refractivity contribution in [1.29, 1.82) is 0 Å². The van der Waals surface area contributed by atoms with Gasteiger partial charge in [0.2, 0.25) is 10.0 Å². The molecule has 0 amide bonds. The topological polar surface area (TPSA) is 49.4 Å². The number of hydrogen-bond donors (Lipinski definition) is 1. The summed E-state index contributed by atoms with van der Waals surface area (Å²) in [5, 5.41) is 3.41. The Labute approximate surface area is 122 Å². The highest BCUT2D eigenvalue weighted by Crippen LogP contribution is 2.23. The Hall–Kier alpha value is -0.910. The molecule has 1 aliphatic carbocycles. The van der Waals surface area contributed by atoms with E-state index in [1.54, 1.807) is 13.1 Å². The third-order valence-electron chi connectivity index (χ3n) is 3.81. The van der Waals surface area contributed by atoms with Crippen LogP contribution in [0, 0.1) is 6.92 Å². The zero-order valence-corrected chi connectivity index (χ0v) is 13.5. The second kappa shape index (κ2) is 5.84. The maximum Gasteiger partial charge on any atom is 0.243 e. The minimum Gasteiger partial charge on any atom is -0.310 e. The minimum absolute atomic E-state index is 0.0485. The van der Waals surface area contributed by atoms with Crippen molar-refractivity contribution in [2.45, 2.75) is 57.1 Å². The molecule has 2 rings (SSSR count). The fourth-order valence-electron chi connectivity index (χ4n) is 2.01. The fourth-order valence-corrected chi connectivity index (χ4v) is 3.66. The van der Waals surface area contributed by atoms with Crippen LogP contribution >= 0.6 is 0 Å². The lowest BCUT2D eigenvalue weighted by atomic mass is 10.1. The molecular weight excluding hydrogens is 272 g/mol. The van der Waals surface area contributed by atoms with Crippen molar-refractivity contribution in [3.8, 4) is 0 Å². The molecule has 5 heteroatoms. The Morgan fingerprint density at radius 2 is 2.00 bits per heavy atom. The normalized spacial score (nSPS) is 16.1. The van der Waals surface area contributed by atoms with E-state index in [-0.39, 0.29) is 6.04 Å². The predicted molar refractivity (Wildman–Crippen MR) is 81.1 cm³/mol. The van der Waals surface area contributed by atoms with Crippen molar-refractivity contribution in [1.82, 2.24) is 9.62 Å². The van der Waals surface area contributed by atoms with Crippen LogP contribution < -0.4 is 5.32 Å². The number of sulfonamides is 1. The number of nitrogens with zero attached hydrogens (tertiary/aromatic N) is 1. The Bertz CT molecular complexity index is 578. The third kappa shape index (κ3) is 3.40. The number of aryl methyl sites for hydroxylation is 1. The van der Waals surface area contributed by atoms with Crippen molar-refractivity contribution in [3.05, 3.63) is 29.3 Å². The Morgan fingerprint density at radius 3 is 2.55 bits per heavy atom. The number of rotatable bonds is 6. The zero-order chi connectivity index (χ0) is 14.9. The number of hydrogen-bond acceptors (Lipinski definition) is 3. The standard InChI is InChI=1S/C15H24N2O2S/c1-11(2)17(4)20(18,19)15-9-13(6-5-12(15)3)10-16-14-7-8-14/h5-6,9,11,14,16H,7-8,10H2,1-4H3. The van der Waals surface area contributed by atoms with Gasteiger partial charge in [-0.1, -0.05) is 12.1 Å². The summed E-state index contributed by atoms with van der Waals surface area (Å²) in [6.07, 6.45) is 2.46. The minimum atomic E-state index is -3.41. The molecule has 1 N–H and O–H groups in total. The van der Waals surface area contributed by atoms with Gasteiger partial charge in [0.1, 0.15) is 0 Å². The highest BCUT2D eigenvalue weighted by molar-refractivity contribution is 7.89. The second-order valence-electron chi connectivity index (χ2n) is 5.87. The molecule has 0 aliphatic heterocycles. The molecule has 1 saturated carbocycles. The van der Waals surface area contributed by atoms with Crippen LogP contribution in [0.5, 0.6) is 0 Å². The monoisotopic (exact) mass is 296 g/mol. The van der Waals surface area contributed by atoms with Crippen LogP contribution in [0.4, 0.5) is 0 Å². The summed E-state index contributed by atoms with van der Waals surface area (Å²) in [4.78, 5) is 0.420. The summed E-state index contributed by atoms with van der Waals surface area (Å²) >= 11 is 0. The lowest BCUT2D eigenvalue weighted by Gasteiger charge is -2.22. The average molecular weight is 296 g/mol. The maximum absolute atomic E-state index is 12.6. The van der Waals surface area contributed by atoms with Crippen LogP contribution in [-0.2, 0) is 16.6 Å². The Balaban J connectivity index is 2.26. The van der Waals surface area contributed by atoms with Crippen molar-refractivity contribution in [2.24, 2.45) is 0 Å². The summed E-state index contributed by atoms with van der Waals surface area (Å²) in [6, 6.07) is 6.27. The van der Waals surface area contributed by atoms with Gasteiger partial charge >= 0.3 is 0 Å². The first-order chi connectivity index (χ1) is 9.32. The van der Waals surface area contributed by atoms with Gasteiger partial charge < -0.3 is 5.32 Å². The molecule has 1 aromatic carbocycles. The quantitative estimate of drug-likeness (QED) is 0.876. The lowest BCUT2D eigenvalue weighted by Crippen LogP contribution is -2.33. The first-order valence-electron chi connectivity index (χ1n) is 7.13. The van der Waals surface area contributed by atoms with E-state index in [9.17, 15) is 8.42 Å². The molecule has 0 bridgehead atoms. The van der Waals surface area contributed by atoms with Gasteiger partial charge in [0.15, 0.2) is 0 Å². The highest BCUT2D eigenvalue weighted by Gasteiger charge is 2.25. The molecule has 1 fully saturated rings. The van der Waals surface area contributed by atoms with Crippen LogP contribution in [0.15, 0.2) is 23.1 Å². The van der Waals surface area contributed by atoms with Gasteiger partial charge in [0, 0.05) is 25.7 Å². The van der Waals surface area contributed by atoms with Crippen LogP contribution in [0.3, 0.4) is 0 Å². The lowest BCUT2D eigenvalue weighted by molar-refractivity contribution is 0.410. The second-order valence-corrected chi connectivity index (χ2v) is 7.84. The average Bonchev–Trinajstić information content (AvgIpc) is 3.20. The van der Waals surface area contributed by atoms with Crippen LogP contribution in [0.25, 0.3) is 0 Å². The van der Waals surface area contributed by atoms with E-state index in [4.69, 9.17) is 0 Å². The highest BCUT2D eigenvalue weighted by atomic mass is 32.2. The molecule has 0 heterocycles. The fraction of sp³-hybridized carbons (Fsp3) is 0.600. The van der Waals surface area contributed by atoms with Gasteiger partial charge in [0.25, 0.3) is 0 Å². The van der Waals surface area contributed by atoms with Crippen LogP contribution in [0.1, 0.15) is 37.8 Å². The van der Waals surface area contributed by atoms with E-state index < -0.39 is 10.0 Å².